The minimum absolute atomic E-state index is 0.0944. The van der Waals surface area contributed by atoms with Gasteiger partial charge < -0.3 is 4.98 Å². The fourth-order valence-electron chi connectivity index (χ4n) is 3.53. The van der Waals surface area contributed by atoms with E-state index >= 15 is 0 Å². The Kier molecular flexibility index (Phi) is 4.84. The Hall–Kier alpha value is -3.03. The molecule has 5 aromatic rings. The fraction of sp³-hybridized carbons (Fsp3) is 0.130. The molecule has 0 aliphatic rings. The van der Waals surface area contributed by atoms with Crippen LogP contribution in [0.15, 0.2) is 64.7 Å². The van der Waals surface area contributed by atoms with Gasteiger partial charge in [0.1, 0.15) is 22.0 Å². The maximum absolute atomic E-state index is 13.0. The normalized spacial score (nSPS) is 11.4. The average molecular weight is 431 g/mol. The summed E-state index contributed by atoms with van der Waals surface area (Å²) in [5.41, 5.74) is 4.03. The van der Waals surface area contributed by atoms with E-state index in [1.165, 1.54) is 5.56 Å². The Labute approximate surface area is 181 Å². The number of aryl methyl sites for hydroxylation is 2. The van der Waals surface area contributed by atoms with Crippen molar-refractivity contribution in [3.63, 3.8) is 0 Å². The van der Waals surface area contributed by atoms with Gasteiger partial charge in [0.05, 0.1) is 16.7 Å². The van der Waals surface area contributed by atoms with E-state index in [2.05, 4.69) is 46.1 Å². The SMILES string of the molecule is Cc1ccc(-c2c(C)sc3nc(CSc4ncnc5ccccc45)[nH]c(=O)c23)cc1. The number of hydrogen-bond donors (Lipinski definition) is 1. The summed E-state index contributed by atoms with van der Waals surface area (Å²) < 4.78 is 0. The zero-order valence-electron chi connectivity index (χ0n) is 16.5. The van der Waals surface area contributed by atoms with Crippen LogP contribution in [0.4, 0.5) is 0 Å². The molecule has 0 atom stereocenters. The minimum atomic E-state index is -0.0944. The van der Waals surface area contributed by atoms with Crippen molar-refractivity contribution < 1.29 is 0 Å². The van der Waals surface area contributed by atoms with E-state index in [4.69, 9.17) is 4.98 Å². The number of thioether (sulfide) groups is 1. The molecule has 5 nitrogen and oxygen atoms in total. The summed E-state index contributed by atoms with van der Waals surface area (Å²) in [4.78, 5) is 31.3. The van der Waals surface area contributed by atoms with Crippen molar-refractivity contribution in [2.45, 2.75) is 24.6 Å². The average Bonchev–Trinajstić information content (AvgIpc) is 3.09. The summed E-state index contributed by atoms with van der Waals surface area (Å²) in [7, 11) is 0. The minimum Gasteiger partial charge on any atom is -0.309 e. The van der Waals surface area contributed by atoms with Crippen molar-refractivity contribution in [2.24, 2.45) is 0 Å². The van der Waals surface area contributed by atoms with Crippen LogP contribution < -0.4 is 5.56 Å². The number of fused-ring (bicyclic) bond motifs is 2. The van der Waals surface area contributed by atoms with Crippen LogP contribution in [-0.4, -0.2) is 19.9 Å². The quantitative estimate of drug-likeness (QED) is 0.301. The molecule has 2 aromatic carbocycles. The van der Waals surface area contributed by atoms with Gasteiger partial charge in [-0.1, -0.05) is 59.8 Å². The zero-order valence-corrected chi connectivity index (χ0v) is 18.1. The molecule has 0 saturated carbocycles. The van der Waals surface area contributed by atoms with Crippen LogP contribution in [-0.2, 0) is 5.75 Å². The third-order valence-electron chi connectivity index (χ3n) is 4.98. The highest BCUT2D eigenvalue weighted by atomic mass is 32.2. The fourth-order valence-corrected chi connectivity index (χ4v) is 5.46. The molecule has 3 heterocycles. The third-order valence-corrected chi connectivity index (χ3v) is 6.99. The van der Waals surface area contributed by atoms with E-state index in [1.54, 1.807) is 29.4 Å². The maximum Gasteiger partial charge on any atom is 0.260 e. The van der Waals surface area contributed by atoms with Gasteiger partial charge in [-0.05, 0) is 25.5 Å². The van der Waals surface area contributed by atoms with Crippen molar-refractivity contribution in [2.75, 3.05) is 0 Å². The zero-order chi connectivity index (χ0) is 20.7. The molecule has 0 unspecified atom stereocenters. The lowest BCUT2D eigenvalue weighted by atomic mass is 10.0. The number of H-pyrrole nitrogens is 1. The van der Waals surface area contributed by atoms with Crippen molar-refractivity contribution >= 4 is 44.2 Å². The molecule has 1 N–H and O–H groups in total. The number of aromatic amines is 1. The van der Waals surface area contributed by atoms with E-state index in [-0.39, 0.29) is 5.56 Å². The van der Waals surface area contributed by atoms with Gasteiger partial charge in [0.15, 0.2) is 0 Å². The Morgan fingerprint density at radius 3 is 2.67 bits per heavy atom. The predicted octanol–water partition coefficient (Wildman–Crippen LogP) is 5.50. The lowest BCUT2D eigenvalue weighted by molar-refractivity contribution is 1.04. The Morgan fingerprint density at radius 2 is 1.83 bits per heavy atom. The van der Waals surface area contributed by atoms with E-state index in [0.29, 0.717) is 17.0 Å². The molecule has 0 bridgehead atoms. The number of nitrogens with zero attached hydrogens (tertiary/aromatic N) is 3. The number of thiophene rings is 1. The number of para-hydroxylation sites is 1. The molecular weight excluding hydrogens is 412 g/mol. The molecule has 7 heteroatoms. The van der Waals surface area contributed by atoms with Crippen molar-refractivity contribution in [3.05, 3.63) is 81.5 Å². The molecule has 3 aromatic heterocycles. The van der Waals surface area contributed by atoms with E-state index in [1.807, 2.05) is 31.2 Å². The highest BCUT2D eigenvalue weighted by Crippen LogP contribution is 2.36. The second-order valence-electron chi connectivity index (χ2n) is 7.08. The highest BCUT2D eigenvalue weighted by Gasteiger charge is 2.17. The molecule has 30 heavy (non-hydrogen) atoms. The smallest absolute Gasteiger partial charge is 0.260 e. The second kappa shape index (κ2) is 7.66. The standard InChI is InChI=1S/C23H18N4OS2/c1-13-7-9-15(10-8-13)19-14(2)30-23-20(19)21(28)26-18(27-23)11-29-22-16-5-3-4-6-17(16)24-12-25-22/h3-10,12H,11H2,1-2H3,(H,26,27,28). The van der Waals surface area contributed by atoms with Crippen LogP contribution in [0, 0.1) is 13.8 Å². The van der Waals surface area contributed by atoms with E-state index in [0.717, 1.165) is 36.8 Å². The van der Waals surface area contributed by atoms with E-state index in [9.17, 15) is 4.79 Å². The first kappa shape index (κ1) is 19.0. The number of hydrogen-bond acceptors (Lipinski definition) is 6. The Morgan fingerprint density at radius 1 is 1.03 bits per heavy atom. The third kappa shape index (κ3) is 3.40. The first-order valence-corrected chi connectivity index (χ1v) is 11.3. The summed E-state index contributed by atoms with van der Waals surface area (Å²) in [6.07, 6.45) is 1.57. The van der Waals surface area contributed by atoms with Gasteiger partial charge in [-0.15, -0.1) is 11.3 Å². The molecular formula is C23H18N4OS2. The maximum atomic E-state index is 13.0. The van der Waals surface area contributed by atoms with Gasteiger partial charge in [-0.3, -0.25) is 4.79 Å². The molecule has 0 saturated heterocycles. The molecule has 0 fully saturated rings. The predicted molar refractivity (Wildman–Crippen MR) is 124 cm³/mol. The van der Waals surface area contributed by atoms with Crippen LogP contribution in [0.25, 0.3) is 32.2 Å². The van der Waals surface area contributed by atoms with Crippen LogP contribution in [0.5, 0.6) is 0 Å². The molecule has 0 amide bonds. The summed E-state index contributed by atoms with van der Waals surface area (Å²) in [5.74, 6) is 1.18. The molecule has 0 aliphatic carbocycles. The number of benzene rings is 2. The molecule has 5 rings (SSSR count). The van der Waals surface area contributed by atoms with E-state index < -0.39 is 0 Å². The monoisotopic (exact) mass is 430 g/mol. The number of rotatable bonds is 4. The molecule has 0 spiro atoms. The van der Waals surface area contributed by atoms with Gasteiger partial charge in [-0.2, -0.15) is 0 Å². The van der Waals surface area contributed by atoms with Crippen LogP contribution >= 0.6 is 23.1 Å². The van der Waals surface area contributed by atoms with Crippen LogP contribution in [0.2, 0.25) is 0 Å². The van der Waals surface area contributed by atoms with Gasteiger partial charge in [0, 0.05) is 15.8 Å². The van der Waals surface area contributed by atoms with Crippen molar-refractivity contribution in [1.82, 2.24) is 19.9 Å². The summed E-state index contributed by atoms with van der Waals surface area (Å²) in [6.45, 7) is 4.10. The van der Waals surface area contributed by atoms with Crippen LogP contribution in [0.3, 0.4) is 0 Å². The van der Waals surface area contributed by atoms with Gasteiger partial charge in [-0.25, -0.2) is 15.0 Å². The Balaban J connectivity index is 1.51. The van der Waals surface area contributed by atoms with Gasteiger partial charge in [0.25, 0.3) is 5.56 Å². The van der Waals surface area contributed by atoms with Gasteiger partial charge in [0.2, 0.25) is 0 Å². The second-order valence-corrected chi connectivity index (χ2v) is 9.24. The number of aromatic nitrogens is 4. The first-order valence-electron chi connectivity index (χ1n) is 9.52. The Bertz CT molecular complexity index is 1430. The van der Waals surface area contributed by atoms with Crippen LogP contribution in [0.1, 0.15) is 16.3 Å². The topological polar surface area (TPSA) is 71.5 Å². The number of nitrogens with one attached hydrogen (secondary N) is 1. The summed E-state index contributed by atoms with van der Waals surface area (Å²) in [5, 5.41) is 2.55. The van der Waals surface area contributed by atoms with Crippen molar-refractivity contribution in [1.29, 1.82) is 0 Å². The van der Waals surface area contributed by atoms with Gasteiger partial charge >= 0.3 is 0 Å². The largest absolute Gasteiger partial charge is 0.309 e. The first-order chi connectivity index (χ1) is 14.6. The lowest BCUT2D eigenvalue weighted by Gasteiger charge is -2.05. The summed E-state index contributed by atoms with van der Waals surface area (Å²) in [6, 6.07) is 16.2. The van der Waals surface area contributed by atoms with Crippen molar-refractivity contribution in [3.8, 4) is 11.1 Å². The molecule has 148 valence electrons. The molecule has 0 aliphatic heterocycles. The highest BCUT2D eigenvalue weighted by molar-refractivity contribution is 7.98. The lowest BCUT2D eigenvalue weighted by Crippen LogP contribution is -2.10. The molecule has 0 radical (unpaired) electrons. The summed E-state index contributed by atoms with van der Waals surface area (Å²) >= 11 is 3.11.